The van der Waals surface area contributed by atoms with E-state index in [9.17, 15) is 4.79 Å². The molecule has 1 saturated heterocycles. The summed E-state index contributed by atoms with van der Waals surface area (Å²) in [6.07, 6.45) is 4.22. The largest absolute Gasteiger partial charge is 0.484 e. The van der Waals surface area contributed by atoms with Crippen LogP contribution >= 0.6 is 0 Å². The maximum Gasteiger partial charge on any atom is 0.305 e. The fraction of sp³-hybridized carbons (Fsp3) is 0.455. The highest BCUT2D eigenvalue weighted by Crippen LogP contribution is 2.34. The van der Waals surface area contributed by atoms with Gasteiger partial charge in [-0.3, -0.25) is 9.69 Å². The highest BCUT2D eigenvalue weighted by Gasteiger charge is 2.24. The number of esters is 1. The smallest absolute Gasteiger partial charge is 0.305 e. The molecule has 0 amide bonds. The van der Waals surface area contributed by atoms with E-state index >= 15 is 0 Å². The van der Waals surface area contributed by atoms with Gasteiger partial charge in [0, 0.05) is 19.2 Å². The molecule has 28 heavy (non-hydrogen) atoms. The van der Waals surface area contributed by atoms with Crippen LogP contribution in [0, 0.1) is 5.92 Å². The Labute approximate surface area is 165 Å². The number of benzene rings is 1. The second-order valence-electron chi connectivity index (χ2n) is 7.47. The SMILES string of the molecule is COC(=O)CC1CCN(Cc2ccc(C3COc4cccnc4O3)cc2)CC1. The Kier molecular flexibility index (Phi) is 5.76. The van der Waals surface area contributed by atoms with Crippen LogP contribution in [0.25, 0.3) is 0 Å². The van der Waals surface area contributed by atoms with Crippen molar-refractivity contribution in [3.05, 3.63) is 53.7 Å². The monoisotopic (exact) mass is 382 g/mol. The number of likely N-dealkylation sites (tertiary alicyclic amines) is 1. The number of ether oxygens (including phenoxy) is 3. The van der Waals surface area contributed by atoms with Crippen molar-refractivity contribution in [1.29, 1.82) is 0 Å². The Morgan fingerprint density at radius 3 is 2.75 bits per heavy atom. The van der Waals surface area contributed by atoms with E-state index < -0.39 is 0 Å². The number of carbonyl (C=O) groups excluding carboxylic acids is 1. The summed E-state index contributed by atoms with van der Waals surface area (Å²) in [6.45, 7) is 3.46. The number of aromatic nitrogens is 1. The van der Waals surface area contributed by atoms with Crippen molar-refractivity contribution in [1.82, 2.24) is 9.88 Å². The molecule has 0 bridgehead atoms. The lowest BCUT2D eigenvalue weighted by molar-refractivity contribution is -0.142. The number of hydrogen-bond acceptors (Lipinski definition) is 6. The number of hydrogen-bond donors (Lipinski definition) is 0. The zero-order chi connectivity index (χ0) is 19.3. The van der Waals surface area contributed by atoms with Crippen LogP contribution in [-0.2, 0) is 16.1 Å². The summed E-state index contributed by atoms with van der Waals surface area (Å²) in [6, 6.07) is 12.3. The van der Waals surface area contributed by atoms with Crippen molar-refractivity contribution in [3.8, 4) is 11.6 Å². The molecule has 0 N–H and O–H groups in total. The number of pyridine rings is 1. The summed E-state index contributed by atoms with van der Waals surface area (Å²) in [5, 5.41) is 0. The lowest BCUT2D eigenvalue weighted by Gasteiger charge is -2.31. The first kappa shape index (κ1) is 18.7. The zero-order valence-electron chi connectivity index (χ0n) is 16.2. The number of nitrogens with zero attached hydrogens (tertiary/aromatic N) is 2. The maximum atomic E-state index is 11.4. The summed E-state index contributed by atoms with van der Waals surface area (Å²) >= 11 is 0. The Hall–Kier alpha value is -2.60. The zero-order valence-corrected chi connectivity index (χ0v) is 16.2. The van der Waals surface area contributed by atoms with Gasteiger partial charge in [-0.25, -0.2) is 4.98 Å². The maximum absolute atomic E-state index is 11.4. The van der Waals surface area contributed by atoms with Crippen LogP contribution in [-0.4, -0.2) is 42.7 Å². The molecule has 148 valence electrons. The predicted octanol–water partition coefficient (Wildman–Crippen LogP) is 3.37. The molecule has 1 aromatic heterocycles. The highest BCUT2D eigenvalue weighted by molar-refractivity contribution is 5.69. The van der Waals surface area contributed by atoms with Crippen LogP contribution in [0.15, 0.2) is 42.6 Å². The highest BCUT2D eigenvalue weighted by atomic mass is 16.6. The fourth-order valence-electron chi connectivity index (χ4n) is 3.84. The van der Waals surface area contributed by atoms with Gasteiger partial charge in [0.05, 0.1) is 7.11 Å². The predicted molar refractivity (Wildman–Crippen MR) is 104 cm³/mol. The first-order chi connectivity index (χ1) is 13.7. The molecule has 1 fully saturated rings. The lowest BCUT2D eigenvalue weighted by Crippen LogP contribution is -2.34. The van der Waals surface area contributed by atoms with Gasteiger partial charge in [-0.2, -0.15) is 0 Å². The fourth-order valence-corrected chi connectivity index (χ4v) is 3.84. The van der Waals surface area contributed by atoms with Gasteiger partial charge in [0.2, 0.25) is 0 Å². The topological polar surface area (TPSA) is 60.9 Å². The van der Waals surface area contributed by atoms with E-state index in [4.69, 9.17) is 14.2 Å². The van der Waals surface area contributed by atoms with E-state index in [1.165, 1.54) is 12.7 Å². The van der Waals surface area contributed by atoms with E-state index in [1.807, 2.05) is 12.1 Å². The molecule has 2 aromatic rings. The molecule has 1 unspecified atom stereocenters. The third-order valence-corrected chi connectivity index (χ3v) is 5.53. The van der Waals surface area contributed by atoms with Gasteiger partial charge in [0.15, 0.2) is 11.9 Å². The van der Waals surface area contributed by atoms with Crippen molar-refractivity contribution in [2.24, 2.45) is 5.92 Å². The minimum Gasteiger partial charge on any atom is -0.484 e. The molecule has 6 heteroatoms. The Morgan fingerprint density at radius 1 is 1.21 bits per heavy atom. The molecule has 0 spiro atoms. The van der Waals surface area contributed by atoms with Gasteiger partial charge < -0.3 is 14.2 Å². The van der Waals surface area contributed by atoms with Crippen LogP contribution in [0.4, 0.5) is 0 Å². The third kappa shape index (κ3) is 4.44. The van der Waals surface area contributed by atoms with E-state index in [2.05, 4.69) is 34.1 Å². The molecular formula is C22H26N2O4. The van der Waals surface area contributed by atoms with Gasteiger partial charge in [0.1, 0.15) is 6.61 Å². The third-order valence-electron chi connectivity index (χ3n) is 5.53. The molecule has 4 rings (SSSR count). The minimum absolute atomic E-state index is 0.0965. The quantitative estimate of drug-likeness (QED) is 0.739. The Balaban J connectivity index is 1.29. The summed E-state index contributed by atoms with van der Waals surface area (Å²) < 4.78 is 16.5. The molecule has 3 heterocycles. The Morgan fingerprint density at radius 2 is 2.00 bits per heavy atom. The van der Waals surface area contributed by atoms with Crippen LogP contribution in [0.3, 0.4) is 0 Å². The second kappa shape index (κ2) is 8.61. The molecule has 2 aliphatic heterocycles. The van der Waals surface area contributed by atoms with Crippen molar-refractivity contribution in [2.45, 2.75) is 31.9 Å². The van der Waals surface area contributed by atoms with E-state index in [0.717, 1.165) is 38.0 Å². The first-order valence-electron chi connectivity index (χ1n) is 9.84. The molecule has 1 aromatic carbocycles. The van der Waals surface area contributed by atoms with Crippen molar-refractivity contribution < 1.29 is 19.0 Å². The second-order valence-corrected chi connectivity index (χ2v) is 7.47. The van der Waals surface area contributed by atoms with Crippen molar-refractivity contribution in [2.75, 3.05) is 26.8 Å². The molecule has 0 radical (unpaired) electrons. The molecule has 6 nitrogen and oxygen atoms in total. The van der Waals surface area contributed by atoms with Crippen molar-refractivity contribution in [3.63, 3.8) is 0 Å². The van der Waals surface area contributed by atoms with Gasteiger partial charge >= 0.3 is 5.97 Å². The molecular weight excluding hydrogens is 356 g/mol. The van der Waals surface area contributed by atoms with Crippen LogP contribution in [0.2, 0.25) is 0 Å². The normalized spacial score (nSPS) is 20.0. The number of methoxy groups -OCH3 is 1. The molecule has 0 saturated carbocycles. The number of piperidine rings is 1. The summed E-state index contributed by atoms with van der Waals surface area (Å²) in [5.74, 6) is 1.61. The number of fused-ring (bicyclic) bond motifs is 1. The van der Waals surface area contributed by atoms with Crippen molar-refractivity contribution >= 4 is 5.97 Å². The molecule has 0 aliphatic carbocycles. The van der Waals surface area contributed by atoms with Crippen LogP contribution < -0.4 is 9.47 Å². The van der Waals surface area contributed by atoms with Gasteiger partial charge in [-0.05, 0) is 55.1 Å². The van der Waals surface area contributed by atoms with E-state index in [0.29, 0.717) is 30.6 Å². The average molecular weight is 382 g/mol. The van der Waals surface area contributed by atoms with Crippen LogP contribution in [0.1, 0.15) is 36.5 Å². The summed E-state index contributed by atoms with van der Waals surface area (Å²) in [7, 11) is 1.46. The van der Waals surface area contributed by atoms with E-state index in [1.54, 1.807) is 6.20 Å². The Bertz CT molecular complexity index is 800. The average Bonchev–Trinajstić information content (AvgIpc) is 2.75. The lowest BCUT2D eigenvalue weighted by atomic mass is 9.93. The summed E-state index contributed by atoms with van der Waals surface area (Å²) in [4.78, 5) is 18.1. The van der Waals surface area contributed by atoms with Gasteiger partial charge in [-0.15, -0.1) is 0 Å². The van der Waals surface area contributed by atoms with Gasteiger partial charge in [-0.1, -0.05) is 24.3 Å². The molecule has 1 atom stereocenters. The standard InChI is InChI=1S/C22H26N2O4/c1-26-21(25)13-16-8-11-24(12-9-16)14-17-4-6-18(7-5-17)20-15-27-19-3-2-10-23-22(19)28-20/h2-7,10,16,20H,8-9,11-15H2,1H3. The van der Waals surface area contributed by atoms with Crippen LogP contribution in [0.5, 0.6) is 11.6 Å². The number of rotatable bonds is 5. The van der Waals surface area contributed by atoms with E-state index in [-0.39, 0.29) is 12.1 Å². The number of carbonyl (C=O) groups is 1. The first-order valence-corrected chi connectivity index (χ1v) is 9.84. The molecule has 2 aliphatic rings. The summed E-state index contributed by atoms with van der Waals surface area (Å²) in [5.41, 5.74) is 2.38. The van der Waals surface area contributed by atoms with Gasteiger partial charge in [0.25, 0.3) is 5.88 Å². The minimum atomic E-state index is -0.134.